The minimum atomic E-state index is -8.70. The molecule has 0 fully saturated rings. The summed E-state index contributed by atoms with van der Waals surface area (Å²) >= 11 is 0. The summed E-state index contributed by atoms with van der Waals surface area (Å²) in [6, 6.07) is 10.8. The fourth-order valence-electron chi connectivity index (χ4n) is 6.52. The number of anilines is 1. The van der Waals surface area contributed by atoms with Crippen LogP contribution in [0.1, 0.15) is 65.5 Å². The summed E-state index contributed by atoms with van der Waals surface area (Å²) in [5.41, 5.74) is -0.941. The second-order valence-corrected chi connectivity index (χ2v) is 20.6. The van der Waals surface area contributed by atoms with Gasteiger partial charge in [0.25, 0.3) is 0 Å². The van der Waals surface area contributed by atoms with Gasteiger partial charge in [-0.2, -0.15) is 74.6 Å². The van der Waals surface area contributed by atoms with Gasteiger partial charge in [-0.1, -0.05) is 58.1 Å². The first-order chi connectivity index (χ1) is 31.0. The van der Waals surface area contributed by atoms with Crippen LogP contribution in [0.4, 0.5) is 85.1 Å². The molecule has 0 saturated carbocycles. The van der Waals surface area contributed by atoms with Crippen molar-refractivity contribution in [1.29, 1.82) is 0 Å². The number of halogens is 17. The Labute approximate surface area is 380 Å². The Bertz CT molecular complexity index is 1990. The minimum Gasteiger partial charge on any atom is -0.497 e. The highest BCUT2D eigenvalue weighted by Gasteiger charge is 2.95. The summed E-state index contributed by atoms with van der Waals surface area (Å²) < 4.78 is 263. The molecule has 386 valence electrons. The zero-order chi connectivity index (χ0) is 52.4. The maximum Gasteiger partial charge on any atom is 0.460 e. The van der Waals surface area contributed by atoms with Gasteiger partial charge < -0.3 is 23.4 Å². The van der Waals surface area contributed by atoms with Crippen molar-refractivity contribution < 1.29 is 108 Å². The number of rotatable bonds is 26. The Kier molecular flexibility index (Phi) is 19.9. The van der Waals surface area contributed by atoms with E-state index in [1.54, 1.807) is 43.3 Å². The number of ether oxygens (including phenoxy) is 4. The van der Waals surface area contributed by atoms with Crippen LogP contribution in [0.15, 0.2) is 72.8 Å². The first kappa shape index (κ1) is 59.4. The number of amides is 1. The van der Waals surface area contributed by atoms with Crippen LogP contribution in [0.2, 0.25) is 17.1 Å². The van der Waals surface area contributed by atoms with E-state index in [1.807, 2.05) is 0 Å². The molecule has 0 saturated heterocycles. The predicted molar refractivity (Wildman–Crippen MR) is 214 cm³/mol. The summed E-state index contributed by atoms with van der Waals surface area (Å²) in [5, 5.41) is 2.58. The molecule has 2 rings (SSSR count). The summed E-state index contributed by atoms with van der Waals surface area (Å²) in [7, 11) is -2.56. The molecular formula is C42H48F17NO7Si. The van der Waals surface area contributed by atoms with Gasteiger partial charge >= 0.3 is 59.7 Å². The molecule has 1 amide bonds. The van der Waals surface area contributed by atoms with E-state index in [9.17, 15) is 75.4 Å². The number of hydrogen-bond acceptors (Lipinski definition) is 7. The lowest BCUT2D eigenvalue weighted by Crippen LogP contribution is -2.74. The topological polar surface area (TPSA) is 92.3 Å². The van der Waals surface area contributed by atoms with E-state index in [2.05, 4.69) is 5.32 Å². The van der Waals surface area contributed by atoms with Gasteiger partial charge in [0.1, 0.15) is 24.2 Å². The lowest BCUT2D eigenvalue weighted by molar-refractivity contribution is -0.461. The fourth-order valence-corrected chi connectivity index (χ4v) is 11.0. The van der Waals surface area contributed by atoms with Gasteiger partial charge in [0.2, 0.25) is 0 Å². The number of carbonyl (C=O) groups is 2. The Morgan fingerprint density at radius 3 is 1.65 bits per heavy atom. The third-order valence-corrected chi connectivity index (χ3v) is 16.2. The van der Waals surface area contributed by atoms with Crippen LogP contribution in [0.25, 0.3) is 0 Å². The molecule has 8 nitrogen and oxygen atoms in total. The molecule has 2 aromatic carbocycles. The molecular weight excluding hydrogens is 982 g/mol. The SMILES string of the molecule is CCOC(=O)/C=C/C=C/CC[C@@H](OC(=O)Nc1ccc(OC)cc1)c1ccc(OCCO[Si](CCC(F)(F)C(F)(F)C(F)(F)C(F)(F)C(F)(F)C(F)(F)C(F)(F)C(F)(F)F)(C(C)C)C(C)C)cc1. The van der Waals surface area contributed by atoms with E-state index in [1.165, 1.54) is 71.2 Å². The predicted octanol–water partition coefficient (Wildman–Crippen LogP) is 14.0. The second-order valence-electron chi connectivity index (χ2n) is 15.5. The summed E-state index contributed by atoms with van der Waals surface area (Å²) in [4.78, 5) is 24.4. The number of allylic oxidation sites excluding steroid dienone is 3. The Balaban J connectivity index is 2.26. The molecule has 68 heavy (non-hydrogen) atoms. The van der Waals surface area contributed by atoms with Gasteiger partial charge in [-0.05, 0) is 78.9 Å². The molecule has 0 radical (unpaired) electrons. The average Bonchev–Trinajstić information content (AvgIpc) is 3.23. The molecule has 0 aliphatic carbocycles. The quantitative estimate of drug-likeness (QED) is 0.0251. The molecule has 0 heterocycles. The van der Waals surface area contributed by atoms with Crippen LogP contribution in [0, 0.1) is 0 Å². The van der Waals surface area contributed by atoms with Crippen molar-refractivity contribution in [2.24, 2.45) is 0 Å². The van der Waals surface area contributed by atoms with E-state index in [4.69, 9.17) is 23.4 Å². The maximum absolute atomic E-state index is 15.0. The van der Waals surface area contributed by atoms with Crippen molar-refractivity contribution in [3.05, 3.63) is 78.4 Å². The van der Waals surface area contributed by atoms with E-state index >= 15 is 8.78 Å². The van der Waals surface area contributed by atoms with Crippen molar-refractivity contribution in [3.8, 4) is 11.5 Å². The van der Waals surface area contributed by atoms with Crippen LogP contribution >= 0.6 is 0 Å². The number of hydrogen-bond donors (Lipinski definition) is 1. The van der Waals surface area contributed by atoms with Gasteiger partial charge in [-0.15, -0.1) is 0 Å². The van der Waals surface area contributed by atoms with E-state index in [0.717, 1.165) is 0 Å². The van der Waals surface area contributed by atoms with E-state index < -0.39 is 111 Å². The summed E-state index contributed by atoms with van der Waals surface area (Å²) in [6.45, 7) is 6.16. The molecule has 1 N–H and O–H groups in total. The largest absolute Gasteiger partial charge is 0.497 e. The molecule has 26 heteroatoms. The highest BCUT2D eigenvalue weighted by molar-refractivity contribution is 6.76. The molecule has 0 spiro atoms. The first-order valence-electron chi connectivity index (χ1n) is 20.2. The molecule has 0 aromatic heterocycles. The highest BCUT2D eigenvalue weighted by atomic mass is 28.4. The average molecular weight is 1030 g/mol. The summed E-state index contributed by atoms with van der Waals surface area (Å²) in [5.74, 6) is -56.7. The standard InChI is InChI=1S/C42H48F17NO7Si/c1-7-64-33(61)13-11-9-8-10-12-32(67-34(62)60-29-16-20-30(63-6)21-17-29)28-14-18-31(19-15-28)65-23-24-66-68(26(2)3,27(4)5)25-22-35(43,44)36(45,46)37(47,48)38(49,50)39(51,52)40(53,54)41(55,56)42(57,58)59/h8-9,11,13-21,26-27,32H,7,10,12,22-25H2,1-6H3,(H,60,62)/b9-8+,13-11+/t32-/m1/s1. The molecule has 0 unspecified atom stereocenters. The molecule has 0 aliphatic rings. The third kappa shape index (κ3) is 12.9. The zero-order valence-corrected chi connectivity index (χ0v) is 37.9. The van der Waals surface area contributed by atoms with Crippen LogP contribution in [0.5, 0.6) is 11.5 Å². The second kappa shape index (κ2) is 22.8. The van der Waals surface area contributed by atoms with Crippen molar-refractivity contribution in [2.45, 2.75) is 125 Å². The van der Waals surface area contributed by atoms with Crippen LogP contribution in [-0.2, 0) is 18.7 Å². The summed E-state index contributed by atoms with van der Waals surface area (Å²) in [6.07, 6.45) is -5.66. The lowest BCUT2D eigenvalue weighted by Gasteiger charge is -2.44. The molecule has 1 atom stereocenters. The smallest absolute Gasteiger partial charge is 0.460 e. The number of alkyl halides is 17. The zero-order valence-electron chi connectivity index (χ0n) is 36.9. The van der Waals surface area contributed by atoms with E-state index in [0.29, 0.717) is 23.4 Å². The van der Waals surface area contributed by atoms with E-state index in [-0.39, 0.29) is 18.8 Å². The van der Waals surface area contributed by atoms with Gasteiger partial charge in [-0.25, -0.2) is 9.59 Å². The van der Waals surface area contributed by atoms with Crippen molar-refractivity contribution in [3.63, 3.8) is 0 Å². The Morgan fingerprint density at radius 1 is 0.662 bits per heavy atom. The van der Waals surface area contributed by atoms with Gasteiger partial charge in [0.05, 0.1) is 20.3 Å². The lowest BCUT2D eigenvalue weighted by atomic mass is 9.88. The maximum atomic E-state index is 15.0. The van der Waals surface area contributed by atoms with Crippen molar-refractivity contribution >= 4 is 26.1 Å². The third-order valence-electron chi connectivity index (χ3n) is 10.5. The number of benzene rings is 2. The Morgan fingerprint density at radius 2 is 1.16 bits per heavy atom. The molecule has 0 aliphatic heterocycles. The van der Waals surface area contributed by atoms with Gasteiger partial charge in [-0.3, -0.25) is 5.32 Å². The van der Waals surface area contributed by atoms with Gasteiger partial charge in [0, 0.05) is 18.2 Å². The number of methoxy groups -OCH3 is 1. The monoisotopic (exact) mass is 1030 g/mol. The molecule has 0 bridgehead atoms. The van der Waals surface area contributed by atoms with Crippen LogP contribution < -0.4 is 14.8 Å². The van der Waals surface area contributed by atoms with Crippen LogP contribution in [0.3, 0.4) is 0 Å². The van der Waals surface area contributed by atoms with Crippen molar-refractivity contribution in [2.75, 3.05) is 32.2 Å². The fraction of sp³-hybridized carbons (Fsp3) is 0.571. The van der Waals surface area contributed by atoms with Crippen molar-refractivity contribution in [1.82, 2.24) is 0 Å². The molecule has 2 aromatic rings. The number of esters is 1. The number of carbonyl (C=O) groups excluding carboxylic acids is 2. The highest BCUT2D eigenvalue weighted by Crippen LogP contribution is 2.64. The van der Waals surface area contributed by atoms with Gasteiger partial charge in [0.15, 0.2) is 8.32 Å². The Hall–Kier alpha value is -4.75. The van der Waals surface area contributed by atoms with Crippen LogP contribution in [-0.4, -0.2) is 94.9 Å². The minimum absolute atomic E-state index is 0.133. The first-order valence-corrected chi connectivity index (χ1v) is 22.5. The normalized spacial score (nSPS) is 14.5. The number of nitrogens with one attached hydrogen (secondary N) is 1.